The van der Waals surface area contributed by atoms with Gasteiger partial charge in [-0.1, -0.05) is 0 Å². The molecule has 2 amide bonds. The average molecular weight is 294 g/mol. The molecule has 2 rings (SSSR count). The smallest absolute Gasteiger partial charge is 0.303 e. The van der Waals surface area contributed by atoms with Crippen LogP contribution in [0, 0.1) is 5.92 Å². The number of nitrogens with zero attached hydrogens (tertiary/aromatic N) is 1. The van der Waals surface area contributed by atoms with Crippen molar-refractivity contribution < 1.29 is 23.9 Å². The second-order valence-electron chi connectivity index (χ2n) is 5.04. The van der Waals surface area contributed by atoms with Crippen molar-refractivity contribution >= 4 is 17.8 Å². The first-order valence-corrected chi connectivity index (χ1v) is 6.86. The van der Waals surface area contributed by atoms with Gasteiger partial charge in [-0.15, -0.1) is 0 Å². The predicted molar refractivity (Wildman–Crippen MR) is 72.1 cm³/mol. The minimum atomic E-state index is -0.884. The first kappa shape index (κ1) is 15.1. The van der Waals surface area contributed by atoms with Crippen molar-refractivity contribution in [2.45, 2.75) is 25.8 Å². The van der Waals surface area contributed by atoms with E-state index < -0.39 is 5.97 Å². The summed E-state index contributed by atoms with van der Waals surface area (Å²) in [4.78, 5) is 35.7. The molecule has 21 heavy (non-hydrogen) atoms. The number of likely N-dealkylation sites (tertiary alicyclic amines) is 1. The average Bonchev–Trinajstić information content (AvgIpc) is 3.05. The summed E-state index contributed by atoms with van der Waals surface area (Å²) >= 11 is 0. The van der Waals surface area contributed by atoms with E-state index in [9.17, 15) is 14.4 Å². The third-order valence-electron chi connectivity index (χ3n) is 3.38. The number of hydrogen-bond donors (Lipinski definition) is 2. The van der Waals surface area contributed by atoms with E-state index >= 15 is 0 Å². The molecule has 0 aliphatic carbocycles. The Morgan fingerprint density at radius 3 is 2.95 bits per heavy atom. The number of hydrogen-bond acceptors (Lipinski definition) is 4. The van der Waals surface area contributed by atoms with Crippen LogP contribution in [-0.4, -0.2) is 40.9 Å². The summed E-state index contributed by atoms with van der Waals surface area (Å²) in [6, 6.07) is 3.54. The van der Waals surface area contributed by atoms with Crippen LogP contribution in [0.4, 0.5) is 0 Å². The standard InChI is InChI=1S/C14H18N2O5/c17-12-7-10(14(20)15-5-1-4-13(18)19)8-16(12)9-11-3-2-6-21-11/h2-3,6,10H,1,4-5,7-9H2,(H,15,20)(H,18,19). The second-order valence-corrected chi connectivity index (χ2v) is 5.04. The molecular formula is C14H18N2O5. The molecule has 2 N–H and O–H groups in total. The molecule has 1 fully saturated rings. The van der Waals surface area contributed by atoms with E-state index in [1.54, 1.807) is 23.3 Å². The summed E-state index contributed by atoms with van der Waals surface area (Å²) in [5, 5.41) is 11.2. The maximum atomic E-state index is 11.9. The number of rotatable bonds is 7. The highest BCUT2D eigenvalue weighted by atomic mass is 16.4. The lowest BCUT2D eigenvalue weighted by atomic mass is 10.1. The second kappa shape index (κ2) is 6.92. The van der Waals surface area contributed by atoms with Gasteiger partial charge in [-0.05, 0) is 18.6 Å². The van der Waals surface area contributed by atoms with Gasteiger partial charge in [0, 0.05) is 25.9 Å². The molecule has 0 radical (unpaired) electrons. The van der Waals surface area contributed by atoms with Crippen LogP contribution in [0.15, 0.2) is 22.8 Å². The molecule has 7 heteroatoms. The zero-order valence-electron chi connectivity index (χ0n) is 11.6. The van der Waals surface area contributed by atoms with Crippen molar-refractivity contribution in [3.8, 4) is 0 Å². The normalized spacial score (nSPS) is 18.0. The van der Waals surface area contributed by atoms with E-state index in [4.69, 9.17) is 9.52 Å². The van der Waals surface area contributed by atoms with Crippen LogP contribution in [0.25, 0.3) is 0 Å². The van der Waals surface area contributed by atoms with Gasteiger partial charge in [0.15, 0.2) is 0 Å². The highest BCUT2D eigenvalue weighted by Gasteiger charge is 2.34. The Morgan fingerprint density at radius 1 is 1.48 bits per heavy atom. The van der Waals surface area contributed by atoms with Gasteiger partial charge >= 0.3 is 5.97 Å². The number of furan rings is 1. The summed E-state index contributed by atoms with van der Waals surface area (Å²) in [6.45, 7) is 1.05. The number of nitrogens with one attached hydrogen (secondary N) is 1. The zero-order valence-corrected chi connectivity index (χ0v) is 11.6. The van der Waals surface area contributed by atoms with Crippen LogP contribution in [0.5, 0.6) is 0 Å². The molecule has 0 saturated carbocycles. The van der Waals surface area contributed by atoms with E-state index in [0.29, 0.717) is 31.8 Å². The molecule has 1 saturated heterocycles. The summed E-state index contributed by atoms with van der Waals surface area (Å²) < 4.78 is 5.19. The molecule has 0 aromatic carbocycles. The number of amides is 2. The molecule has 0 bridgehead atoms. The summed E-state index contributed by atoms with van der Waals surface area (Å²) in [6.07, 6.45) is 2.14. The molecule has 2 heterocycles. The van der Waals surface area contributed by atoms with Crippen molar-refractivity contribution in [1.82, 2.24) is 10.2 Å². The molecular weight excluding hydrogens is 276 g/mol. The van der Waals surface area contributed by atoms with Crippen molar-refractivity contribution in [2.75, 3.05) is 13.1 Å². The molecule has 1 aliphatic heterocycles. The van der Waals surface area contributed by atoms with E-state index in [1.807, 2.05) is 0 Å². The number of carbonyl (C=O) groups excluding carboxylic acids is 2. The lowest BCUT2D eigenvalue weighted by Crippen LogP contribution is -2.33. The number of carboxylic acid groups (broad SMARTS) is 1. The third-order valence-corrected chi connectivity index (χ3v) is 3.38. The van der Waals surface area contributed by atoms with Gasteiger partial charge in [0.25, 0.3) is 0 Å². The molecule has 1 aromatic heterocycles. The maximum absolute atomic E-state index is 11.9. The topological polar surface area (TPSA) is 99.8 Å². The first-order chi connectivity index (χ1) is 10.1. The first-order valence-electron chi connectivity index (χ1n) is 6.86. The fraction of sp³-hybridized carbons (Fsp3) is 0.500. The van der Waals surface area contributed by atoms with Crippen molar-refractivity contribution in [3.05, 3.63) is 24.2 Å². The minimum absolute atomic E-state index is 0.0223. The Bertz CT molecular complexity index is 511. The van der Waals surface area contributed by atoms with E-state index in [1.165, 1.54) is 0 Å². The lowest BCUT2D eigenvalue weighted by Gasteiger charge is -2.15. The van der Waals surface area contributed by atoms with E-state index in [-0.39, 0.29) is 30.6 Å². The van der Waals surface area contributed by atoms with Crippen LogP contribution in [-0.2, 0) is 20.9 Å². The van der Waals surface area contributed by atoms with Crippen molar-refractivity contribution in [3.63, 3.8) is 0 Å². The number of carboxylic acids is 1. The molecule has 1 aliphatic rings. The molecule has 0 spiro atoms. The summed E-state index contributed by atoms with van der Waals surface area (Å²) in [7, 11) is 0. The van der Waals surface area contributed by atoms with Crippen molar-refractivity contribution in [1.29, 1.82) is 0 Å². The van der Waals surface area contributed by atoms with Gasteiger partial charge in [0.1, 0.15) is 5.76 Å². The Morgan fingerprint density at radius 2 is 2.29 bits per heavy atom. The largest absolute Gasteiger partial charge is 0.481 e. The quantitative estimate of drug-likeness (QED) is 0.718. The minimum Gasteiger partial charge on any atom is -0.481 e. The van der Waals surface area contributed by atoms with Gasteiger partial charge in [-0.3, -0.25) is 14.4 Å². The fourth-order valence-electron chi connectivity index (χ4n) is 2.29. The number of carbonyl (C=O) groups is 3. The van der Waals surface area contributed by atoms with Gasteiger partial charge in [0.2, 0.25) is 11.8 Å². The highest BCUT2D eigenvalue weighted by Crippen LogP contribution is 2.20. The molecule has 7 nitrogen and oxygen atoms in total. The van der Waals surface area contributed by atoms with Crippen LogP contribution in [0.3, 0.4) is 0 Å². The van der Waals surface area contributed by atoms with Crippen molar-refractivity contribution in [2.24, 2.45) is 5.92 Å². The van der Waals surface area contributed by atoms with Crippen LogP contribution < -0.4 is 5.32 Å². The third kappa shape index (κ3) is 4.34. The molecule has 1 atom stereocenters. The lowest BCUT2D eigenvalue weighted by molar-refractivity contribution is -0.137. The Labute approximate surface area is 121 Å². The fourth-order valence-corrected chi connectivity index (χ4v) is 2.29. The Balaban J connectivity index is 1.76. The monoisotopic (exact) mass is 294 g/mol. The van der Waals surface area contributed by atoms with Gasteiger partial charge in [-0.2, -0.15) is 0 Å². The molecule has 1 unspecified atom stereocenters. The van der Waals surface area contributed by atoms with E-state index in [0.717, 1.165) is 0 Å². The SMILES string of the molecule is O=C(O)CCCNC(=O)C1CC(=O)N(Cc2ccco2)C1. The zero-order chi connectivity index (χ0) is 15.2. The van der Waals surface area contributed by atoms with Crippen LogP contribution >= 0.6 is 0 Å². The van der Waals surface area contributed by atoms with Gasteiger partial charge < -0.3 is 19.7 Å². The summed E-state index contributed by atoms with van der Waals surface area (Å²) in [5.74, 6) is -0.846. The predicted octanol–water partition coefficient (Wildman–Crippen LogP) is 0.609. The van der Waals surface area contributed by atoms with Gasteiger partial charge in [-0.25, -0.2) is 0 Å². The Hall–Kier alpha value is -2.31. The Kier molecular flexibility index (Phi) is 4.97. The molecule has 1 aromatic rings. The van der Waals surface area contributed by atoms with Crippen LogP contribution in [0.1, 0.15) is 25.0 Å². The number of aliphatic carboxylic acids is 1. The highest BCUT2D eigenvalue weighted by molar-refractivity contribution is 5.89. The summed E-state index contributed by atoms with van der Waals surface area (Å²) in [5.41, 5.74) is 0. The maximum Gasteiger partial charge on any atom is 0.303 e. The van der Waals surface area contributed by atoms with E-state index in [2.05, 4.69) is 5.32 Å². The van der Waals surface area contributed by atoms with Gasteiger partial charge in [0.05, 0.1) is 18.7 Å². The van der Waals surface area contributed by atoms with Crippen LogP contribution in [0.2, 0.25) is 0 Å². The molecule has 114 valence electrons.